The van der Waals surface area contributed by atoms with Gasteiger partial charge in [-0.25, -0.2) is 0 Å². The van der Waals surface area contributed by atoms with Crippen molar-refractivity contribution in [1.82, 2.24) is 0 Å². The van der Waals surface area contributed by atoms with E-state index < -0.39 is 5.97 Å². The van der Waals surface area contributed by atoms with Gasteiger partial charge in [0.15, 0.2) is 0 Å². The Balaban J connectivity index is 2.14. The molecule has 0 saturated heterocycles. The lowest BCUT2D eigenvalue weighted by Crippen LogP contribution is -1.98. The number of fused-ring (bicyclic) bond motifs is 1. The Hall–Kier alpha value is -1.51. The standard InChI is InChI=1S/C12H15NO2/c1-8-7-13-11-4-2-9(6-10(8)11)3-5-12(14)15/h2,4,6,8,13H,3,5,7H2,1H3,(H,14,15). The van der Waals surface area contributed by atoms with Crippen LogP contribution < -0.4 is 5.32 Å². The highest BCUT2D eigenvalue weighted by molar-refractivity contribution is 5.67. The van der Waals surface area contributed by atoms with E-state index in [-0.39, 0.29) is 6.42 Å². The lowest BCUT2D eigenvalue weighted by Gasteiger charge is -2.05. The van der Waals surface area contributed by atoms with Crippen molar-refractivity contribution >= 4 is 11.7 Å². The maximum absolute atomic E-state index is 10.5. The first-order chi connectivity index (χ1) is 7.16. The number of aliphatic carboxylic acids is 1. The molecule has 0 bridgehead atoms. The third-order valence-corrected chi connectivity index (χ3v) is 2.87. The third-order valence-electron chi connectivity index (χ3n) is 2.87. The molecule has 1 aromatic rings. The van der Waals surface area contributed by atoms with Gasteiger partial charge < -0.3 is 10.4 Å². The molecule has 3 heteroatoms. The summed E-state index contributed by atoms with van der Waals surface area (Å²) in [6, 6.07) is 6.19. The van der Waals surface area contributed by atoms with Gasteiger partial charge in [-0.05, 0) is 23.6 Å². The van der Waals surface area contributed by atoms with E-state index in [1.165, 1.54) is 11.3 Å². The summed E-state index contributed by atoms with van der Waals surface area (Å²) in [6.45, 7) is 3.16. The molecule has 1 aliphatic heterocycles. The van der Waals surface area contributed by atoms with Crippen molar-refractivity contribution in [1.29, 1.82) is 0 Å². The van der Waals surface area contributed by atoms with Crippen LogP contribution in [0.3, 0.4) is 0 Å². The second-order valence-electron chi connectivity index (χ2n) is 4.10. The van der Waals surface area contributed by atoms with Crippen molar-refractivity contribution in [3.63, 3.8) is 0 Å². The van der Waals surface area contributed by atoms with Crippen LogP contribution in [0.1, 0.15) is 30.4 Å². The second-order valence-corrected chi connectivity index (χ2v) is 4.10. The molecule has 0 aromatic heterocycles. The zero-order chi connectivity index (χ0) is 10.8. The molecule has 0 amide bonds. The van der Waals surface area contributed by atoms with E-state index >= 15 is 0 Å². The van der Waals surface area contributed by atoms with Crippen LogP contribution in [0.4, 0.5) is 5.69 Å². The summed E-state index contributed by atoms with van der Waals surface area (Å²) in [4.78, 5) is 10.5. The third kappa shape index (κ3) is 2.12. The number of aryl methyl sites for hydroxylation is 1. The van der Waals surface area contributed by atoms with E-state index in [1.807, 2.05) is 6.07 Å². The Morgan fingerprint density at radius 3 is 3.13 bits per heavy atom. The number of hydrogen-bond acceptors (Lipinski definition) is 2. The monoisotopic (exact) mass is 205 g/mol. The number of benzene rings is 1. The molecule has 0 radical (unpaired) electrons. The average molecular weight is 205 g/mol. The fraction of sp³-hybridized carbons (Fsp3) is 0.417. The highest BCUT2D eigenvalue weighted by Crippen LogP contribution is 2.31. The van der Waals surface area contributed by atoms with Crippen molar-refractivity contribution in [3.8, 4) is 0 Å². The van der Waals surface area contributed by atoms with Crippen LogP contribution in [0, 0.1) is 0 Å². The Labute approximate surface area is 89.1 Å². The SMILES string of the molecule is CC1CNc2ccc(CCC(=O)O)cc21. The van der Waals surface area contributed by atoms with E-state index in [9.17, 15) is 4.79 Å². The quantitative estimate of drug-likeness (QED) is 0.795. The molecule has 0 aliphatic carbocycles. The van der Waals surface area contributed by atoms with Gasteiger partial charge in [0.2, 0.25) is 0 Å². The van der Waals surface area contributed by atoms with Gasteiger partial charge in [0.25, 0.3) is 0 Å². The van der Waals surface area contributed by atoms with Crippen molar-refractivity contribution < 1.29 is 9.90 Å². The predicted octanol–water partition coefficient (Wildman–Crippen LogP) is 2.23. The molecular weight excluding hydrogens is 190 g/mol. The van der Waals surface area contributed by atoms with Gasteiger partial charge in [-0.15, -0.1) is 0 Å². The van der Waals surface area contributed by atoms with Gasteiger partial charge in [-0.2, -0.15) is 0 Å². The lowest BCUT2D eigenvalue weighted by molar-refractivity contribution is -0.136. The summed E-state index contributed by atoms with van der Waals surface area (Å²) in [5.41, 5.74) is 3.63. The van der Waals surface area contributed by atoms with Crippen LogP contribution in [0.25, 0.3) is 0 Å². The summed E-state index contributed by atoms with van der Waals surface area (Å²) in [7, 11) is 0. The summed E-state index contributed by atoms with van der Waals surface area (Å²) < 4.78 is 0. The Kier molecular flexibility index (Phi) is 2.62. The van der Waals surface area contributed by atoms with Gasteiger partial charge in [0.05, 0.1) is 0 Å². The van der Waals surface area contributed by atoms with E-state index in [1.54, 1.807) is 0 Å². The molecule has 1 aliphatic rings. The van der Waals surface area contributed by atoms with Crippen LogP contribution in [0.15, 0.2) is 18.2 Å². The maximum atomic E-state index is 10.5. The van der Waals surface area contributed by atoms with Crippen molar-refractivity contribution in [2.75, 3.05) is 11.9 Å². The number of hydrogen-bond donors (Lipinski definition) is 2. The van der Waals surface area contributed by atoms with Gasteiger partial charge >= 0.3 is 5.97 Å². The lowest BCUT2D eigenvalue weighted by atomic mass is 9.99. The number of carbonyl (C=O) groups is 1. The summed E-state index contributed by atoms with van der Waals surface area (Å²) >= 11 is 0. The maximum Gasteiger partial charge on any atom is 0.303 e. The molecule has 0 spiro atoms. The van der Waals surface area contributed by atoms with Crippen LogP contribution >= 0.6 is 0 Å². The Morgan fingerprint density at radius 1 is 1.60 bits per heavy atom. The zero-order valence-electron chi connectivity index (χ0n) is 8.79. The van der Waals surface area contributed by atoms with Crippen LogP contribution in [-0.2, 0) is 11.2 Å². The van der Waals surface area contributed by atoms with Crippen molar-refractivity contribution in [2.45, 2.75) is 25.7 Å². The molecule has 0 fully saturated rings. The number of nitrogens with one attached hydrogen (secondary N) is 1. The predicted molar refractivity (Wildman–Crippen MR) is 59.3 cm³/mol. The first-order valence-electron chi connectivity index (χ1n) is 5.25. The molecular formula is C12H15NO2. The van der Waals surface area contributed by atoms with Gasteiger partial charge in [0.1, 0.15) is 0 Å². The van der Waals surface area contributed by atoms with Crippen LogP contribution in [0.2, 0.25) is 0 Å². The molecule has 15 heavy (non-hydrogen) atoms. The number of rotatable bonds is 3. The molecule has 0 saturated carbocycles. The van der Waals surface area contributed by atoms with E-state index in [4.69, 9.17) is 5.11 Å². The second kappa shape index (κ2) is 3.93. The molecule has 3 nitrogen and oxygen atoms in total. The number of anilines is 1. The number of carboxylic acids is 1. The largest absolute Gasteiger partial charge is 0.481 e. The topological polar surface area (TPSA) is 49.3 Å². The minimum atomic E-state index is -0.735. The highest BCUT2D eigenvalue weighted by Gasteiger charge is 2.17. The van der Waals surface area contributed by atoms with Crippen molar-refractivity contribution in [2.24, 2.45) is 0 Å². The molecule has 1 aromatic carbocycles. The zero-order valence-corrected chi connectivity index (χ0v) is 8.79. The van der Waals surface area contributed by atoms with E-state index in [2.05, 4.69) is 24.4 Å². The molecule has 2 N–H and O–H groups in total. The van der Waals surface area contributed by atoms with Crippen LogP contribution in [-0.4, -0.2) is 17.6 Å². The molecule has 80 valence electrons. The fourth-order valence-electron chi connectivity index (χ4n) is 1.96. The average Bonchev–Trinajstić information content (AvgIpc) is 2.57. The molecule has 1 atom stereocenters. The molecule has 1 unspecified atom stereocenters. The van der Waals surface area contributed by atoms with E-state index in [0.29, 0.717) is 12.3 Å². The summed E-state index contributed by atoms with van der Waals surface area (Å²) in [5, 5.41) is 11.9. The summed E-state index contributed by atoms with van der Waals surface area (Å²) in [5.74, 6) is -0.202. The Bertz CT molecular complexity index is 387. The smallest absolute Gasteiger partial charge is 0.303 e. The minimum Gasteiger partial charge on any atom is -0.481 e. The highest BCUT2D eigenvalue weighted by atomic mass is 16.4. The first kappa shape index (κ1) is 10.0. The molecule has 1 heterocycles. The normalized spacial score (nSPS) is 18.3. The Morgan fingerprint density at radius 2 is 2.40 bits per heavy atom. The minimum absolute atomic E-state index is 0.209. The van der Waals surface area contributed by atoms with Gasteiger partial charge in [0, 0.05) is 24.6 Å². The first-order valence-corrected chi connectivity index (χ1v) is 5.25. The number of carboxylic acid groups (broad SMARTS) is 1. The van der Waals surface area contributed by atoms with Gasteiger partial charge in [-0.1, -0.05) is 19.1 Å². The van der Waals surface area contributed by atoms with Crippen molar-refractivity contribution in [3.05, 3.63) is 29.3 Å². The van der Waals surface area contributed by atoms with Gasteiger partial charge in [-0.3, -0.25) is 4.79 Å². The molecule has 2 rings (SSSR count). The van der Waals surface area contributed by atoms with Crippen LogP contribution in [0.5, 0.6) is 0 Å². The fourth-order valence-corrected chi connectivity index (χ4v) is 1.96. The van der Waals surface area contributed by atoms with E-state index in [0.717, 1.165) is 12.1 Å². The summed E-state index contributed by atoms with van der Waals surface area (Å²) in [6.07, 6.45) is 0.829.